The van der Waals surface area contributed by atoms with E-state index in [0.29, 0.717) is 17.5 Å². The van der Waals surface area contributed by atoms with Crippen molar-refractivity contribution in [1.29, 1.82) is 0 Å². The van der Waals surface area contributed by atoms with Gasteiger partial charge in [0.25, 0.3) is 0 Å². The number of benzene rings is 6. The van der Waals surface area contributed by atoms with Gasteiger partial charge in [0.05, 0.1) is 0 Å². The van der Waals surface area contributed by atoms with Gasteiger partial charge in [0.2, 0.25) is 0 Å². The average Bonchev–Trinajstić information content (AvgIpc) is 3.19. The molecule has 0 unspecified atom stereocenters. The zero-order valence-corrected chi connectivity index (χ0v) is 28.8. The second kappa shape index (κ2) is 14.5. The SMILES string of the molecule is C/C=C\c1c(C)ccc2cc(-c3cc(-c4ccc5cnccc5c4)cc(-c4nc(-c5ccccc5)nc(-c5ccccc5)n4)c3)ccc12.CC. The summed E-state index contributed by atoms with van der Waals surface area (Å²) < 4.78 is 0. The van der Waals surface area contributed by atoms with Crippen molar-refractivity contribution in [3.8, 4) is 56.4 Å². The van der Waals surface area contributed by atoms with E-state index < -0.39 is 0 Å². The monoisotopic (exact) mass is 646 g/mol. The van der Waals surface area contributed by atoms with E-state index in [1.54, 1.807) is 0 Å². The minimum absolute atomic E-state index is 0.627. The van der Waals surface area contributed by atoms with Crippen LogP contribution in [-0.4, -0.2) is 19.9 Å². The van der Waals surface area contributed by atoms with Gasteiger partial charge < -0.3 is 0 Å². The molecular weight excluding hydrogens is 609 g/mol. The lowest BCUT2D eigenvalue weighted by Gasteiger charge is -2.14. The Morgan fingerprint density at radius 2 is 1.00 bits per heavy atom. The average molecular weight is 647 g/mol. The highest BCUT2D eigenvalue weighted by atomic mass is 15.0. The van der Waals surface area contributed by atoms with Crippen LogP contribution in [0.3, 0.4) is 0 Å². The standard InChI is InChI=1S/C44H32N4.C2H6/c1-3-10-40-29(2)15-16-35-24-33(19-20-41(35)40)38-25-37(32-17-18-36-28-45-22-21-34(36)23-32)26-39(27-38)44-47-42(30-11-6-4-7-12-30)46-43(48-44)31-13-8-5-9-14-31;1-2/h3-28H,1-2H3;1-2H3/b10-3-;. The molecule has 0 N–H and O–H groups in total. The second-order valence-electron chi connectivity index (χ2n) is 12.0. The fourth-order valence-corrected chi connectivity index (χ4v) is 6.32. The summed E-state index contributed by atoms with van der Waals surface area (Å²) >= 11 is 0. The number of rotatable bonds is 6. The number of allylic oxidation sites excluding steroid dienone is 1. The molecule has 2 aromatic heterocycles. The highest BCUT2D eigenvalue weighted by Gasteiger charge is 2.15. The van der Waals surface area contributed by atoms with E-state index in [2.05, 4.69) is 104 Å². The van der Waals surface area contributed by atoms with E-state index in [9.17, 15) is 0 Å². The van der Waals surface area contributed by atoms with E-state index >= 15 is 0 Å². The van der Waals surface area contributed by atoms with E-state index in [1.165, 1.54) is 21.9 Å². The van der Waals surface area contributed by atoms with Crippen LogP contribution in [0.4, 0.5) is 0 Å². The zero-order valence-electron chi connectivity index (χ0n) is 28.8. The predicted molar refractivity (Wildman–Crippen MR) is 211 cm³/mol. The number of fused-ring (bicyclic) bond motifs is 2. The van der Waals surface area contributed by atoms with Crippen molar-refractivity contribution in [3.63, 3.8) is 0 Å². The summed E-state index contributed by atoms with van der Waals surface area (Å²) in [7, 11) is 0. The molecule has 6 aromatic carbocycles. The molecule has 0 aliphatic rings. The van der Waals surface area contributed by atoms with Crippen molar-refractivity contribution in [3.05, 3.63) is 163 Å². The molecule has 4 nitrogen and oxygen atoms in total. The molecule has 0 bridgehead atoms. The number of nitrogens with zero attached hydrogens (tertiary/aromatic N) is 4. The summed E-state index contributed by atoms with van der Waals surface area (Å²) in [5.74, 6) is 1.91. The van der Waals surface area contributed by atoms with Crippen LogP contribution in [-0.2, 0) is 0 Å². The third-order valence-corrected chi connectivity index (χ3v) is 8.81. The van der Waals surface area contributed by atoms with Gasteiger partial charge in [-0.2, -0.15) is 0 Å². The molecule has 8 aromatic rings. The van der Waals surface area contributed by atoms with Crippen LogP contribution in [0.2, 0.25) is 0 Å². The molecule has 242 valence electrons. The molecule has 0 atom stereocenters. The van der Waals surface area contributed by atoms with Gasteiger partial charge in [0.1, 0.15) is 0 Å². The Morgan fingerprint density at radius 1 is 0.460 bits per heavy atom. The van der Waals surface area contributed by atoms with Gasteiger partial charge in [-0.3, -0.25) is 4.98 Å². The molecule has 0 fully saturated rings. The first-order chi connectivity index (χ1) is 24.6. The Hall–Kier alpha value is -6.26. The number of aryl methyl sites for hydroxylation is 1. The lowest BCUT2D eigenvalue weighted by Crippen LogP contribution is -2.00. The highest BCUT2D eigenvalue weighted by molar-refractivity contribution is 5.95. The van der Waals surface area contributed by atoms with Crippen LogP contribution in [0.1, 0.15) is 31.9 Å². The maximum absolute atomic E-state index is 5.07. The van der Waals surface area contributed by atoms with Crippen molar-refractivity contribution >= 4 is 27.6 Å². The maximum Gasteiger partial charge on any atom is 0.164 e. The number of aromatic nitrogens is 4. The number of pyridine rings is 1. The molecule has 4 heteroatoms. The van der Waals surface area contributed by atoms with Gasteiger partial charge in [0, 0.05) is 34.5 Å². The quantitative estimate of drug-likeness (QED) is 0.180. The number of hydrogen-bond acceptors (Lipinski definition) is 4. The first-order valence-electron chi connectivity index (χ1n) is 17.2. The molecule has 0 amide bonds. The van der Waals surface area contributed by atoms with Crippen molar-refractivity contribution in [2.75, 3.05) is 0 Å². The summed E-state index contributed by atoms with van der Waals surface area (Å²) in [6.07, 6.45) is 8.04. The molecule has 0 saturated carbocycles. The highest BCUT2D eigenvalue weighted by Crippen LogP contribution is 2.36. The minimum atomic E-state index is 0.627. The first-order valence-corrected chi connectivity index (χ1v) is 17.2. The molecule has 50 heavy (non-hydrogen) atoms. The largest absolute Gasteiger partial charge is 0.264 e. The van der Waals surface area contributed by atoms with Gasteiger partial charge in [-0.25, -0.2) is 15.0 Å². The smallest absolute Gasteiger partial charge is 0.164 e. The summed E-state index contributed by atoms with van der Waals surface area (Å²) in [5.41, 5.74) is 9.76. The van der Waals surface area contributed by atoms with Crippen molar-refractivity contribution in [2.24, 2.45) is 0 Å². The van der Waals surface area contributed by atoms with E-state index in [0.717, 1.165) is 49.7 Å². The first kappa shape index (κ1) is 32.3. The lowest BCUT2D eigenvalue weighted by molar-refractivity contribution is 1.07. The van der Waals surface area contributed by atoms with Gasteiger partial charge in [-0.1, -0.05) is 123 Å². The summed E-state index contributed by atoms with van der Waals surface area (Å²) in [6.45, 7) is 8.23. The summed E-state index contributed by atoms with van der Waals surface area (Å²) in [6, 6.07) is 46.6. The van der Waals surface area contributed by atoms with Crippen molar-refractivity contribution in [2.45, 2.75) is 27.7 Å². The summed E-state index contributed by atoms with van der Waals surface area (Å²) in [4.78, 5) is 19.4. The fourth-order valence-electron chi connectivity index (χ4n) is 6.32. The normalized spacial score (nSPS) is 11.1. The Labute approximate surface area is 293 Å². The Balaban J connectivity index is 0.00000193. The van der Waals surface area contributed by atoms with E-state index in [-0.39, 0.29) is 0 Å². The third kappa shape index (κ3) is 6.56. The molecule has 0 aliphatic carbocycles. The van der Waals surface area contributed by atoms with Crippen LogP contribution < -0.4 is 0 Å². The fraction of sp³-hybridized carbons (Fsp3) is 0.0870. The molecule has 0 aliphatic heterocycles. The van der Waals surface area contributed by atoms with Gasteiger partial charge in [0.15, 0.2) is 17.5 Å². The Bertz CT molecular complexity index is 2410. The zero-order chi connectivity index (χ0) is 34.5. The molecule has 0 spiro atoms. The van der Waals surface area contributed by atoms with Gasteiger partial charge >= 0.3 is 0 Å². The Morgan fingerprint density at radius 3 is 1.62 bits per heavy atom. The topological polar surface area (TPSA) is 51.6 Å². The minimum Gasteiger partial charge on any atom is -0.264 e. The third-order valence-electron chi connectivity index (χ3n) is 8.81. The van der Waals surface area contributed by atoms with Crippen LogP contribution in [0.25, 0.3) is 84.0 Å². The molecule has 0 saturated heterocycles. The molecule has 8 rings (SSSR count). The van der Waals surface area contributed by atoms with Crippen molar-refractivity contribution in [1.82, 2.24) is 19.9 Å². The van der Waals surface area contributed by atoms with Crippen molar-refractivity contribution < 1.29 is 0 Å². The number of hydrogen-bond donors (Lipinski definition) is 0. The molecular formula is C46H38N4. The maximum atomic E-state index is 5.07. The van der Waals surface area contributed by atoms with Crippen LogP contribution in [0, 0.1) is 6.92 Å². The predicted octanol–water partition coefficient (Wildman–Crippen LogP) is 12.3. The Kier molecular flexibility index (Phi) is 9.35. The van der Waals surface area contributed by atoms with E-state index in [1.807, 2.05) is 86.9 Å². The molecule has 2 heterocycles. The summed E-state index contributed by atoms with van der Waals surface area (Å²) in [5, 5.41) is 4.70. The lowest BCUT2D eigenvalue weighted by atomic mass is 9.92. The van der Waals surface area contributed by atoms with Gasteiger partial charge in [-0.05, 0) is 99.8 Å². The van der Waals surface area contributed by atoms with Gasteiger partial charge in [-0.15, -0.1) is 0 Å². The van der Waals surface area contributed by atoms with E-state index in [4.69, 9.17) is 15.0 Å². The van der Waals surface area contributed by atoms with Crippen LogP contribution in [0.5, 0.6) is 0 Å². The second-order valence-corrected chi connectivity index (χ2v) is 12.0. The molecule has 0 radical (unpaired) electrons. The van der Waals surface area contributed by atoms with Crippen LogP contribution in [0.15, 0.2) is 152 Å². The van der Waals surface area contributed by atoms with Crippen LogP contribution >= 0.6 is 0 Å².